The zero-order valence-electron chi connectivity index (χ0n) is 11.2. The van der Waals surface area contributed by atoms with Crippen molar-refractivity contribution in [2.45, 2.75) is 0 Å². The van der Waals surface area contributed by atoms with E-state index in [1.165, 1.54) is 18.2 Å². The number of benzene rings is 2. The molecular formula is C15H10BrFN2O3. The second kappa shape index (κ2) is 5.76. The van der Waals surface area contributed by atoms with Gasteiger partial charge in [-0.1, -0.05) is 0 Å². The molecule has 0 unspecified atom stereocenters. The molecule has 0 aliphatic carbocycles. The average molecular weight is 365 g/mol. The van der Waals surface area contributed by atoms with Crippen LogP contribution in [-0.4, -0.2) is 18.4 Å². The van der Waals surface area contributed by atoms with Crippen LogP contribution >= 0.6 is 15.9 Å². The molecule has 0 aromatic heterocycles. The Morgan fingerprint density at radius 3 is 2.86 bits per heavy atom. The predicted molar refractivity (Wildman–Crippen MR) is 82.6 cm³/mol. The van der Waals surface area contributed by atoms with Crippen LogP contribution in [0.5, 0.6) is 5.75 Å². The van der Waals surface area contributed by atoms with E-state index in [0.29, 0.717) is 27.2 Å². The molecule has 2 amide bonds. The van der Waals surface area contributed by atoms with E-state index in [1.807, 2.05) is 0 Å². The fraction of sp³-hybridized carbons (Fsp3) is 0.0667. The molecule has 22 heavy (non-hydrogen) atoms. The number of carbonyl (C=O) groups excluding carboxylic acids is 2. The molecule has 0 radical (unpaired) electrons. The van der Waals surface area contributed by atoms with Crippen LogP contribution in [0, 0.1) is 5.82 Å². The lowest BCUT2D eigenvalue weighted by atomic mass is 10.2. The summed E-state index contributed by atoms with van der Waals surface area (Å²) in [7, 11) is 0. The number of nitrogens with one attached hydrogen (secondary N) is 2. The van der Waals surface area contributed by atoms with Crippen LogP contribution in [-0.2, 0) is 4.79 Å². The monoisotopic (exact) mass is 364 g/mol. The molecule has 1 aliphatic heterocycles. The third-order valence-corrected chi connectivity index (χ3v) is 3.70. The molecule has 2 aromatic carbocycles. The summed E-state index contributed by atoms with van der Waals surface area (Å²) in [4.78, 5) is 23.5. The normalized spacial score (nSPS) is 12.9. The van der Waals surface area contributed by atoms with Gasteiger partial charge in [0.05, 0.1) is 11.3 Å². The lowest BCUT2D eigenvalue weighted by Gasteiger charge is -2.18. The first-order valence-corrected chi connectivity index (χ1v) is 7.15. The fourth-order valence-electron chi connectivity index (χ4n) is 2.03. The molecule has 0 bridgehead atoms. The van der Waals surface area contributed by atoms with E-state index < -0.39 is 11.7 Å². The number of hydrogen-bond acceptors (Lipinski definition) is 3. The number of hydrogen-bond donors (Lipinski definition) is 2. The number of fused-ring (bicyclic) bond motifs is 1. The van der Waals surface area contributed by atoms with E-state index >= 15 is 0 Å². The number of carbonyl (C=O) groups is 2. The van der Waals surface area contributed by atoms with Gasteiger partial charge in [0, 0.05) is 10.2 Å². The van der Waals surface area contributed by atoms with Gasteiger partial charge in [-0.3, -0.25) is 9.59 Å². The van der Waals surface area contributed by atoms with Gasteiger partial charge in [0.1, 0.15) is 11.6 Å². The molecule has 1 heterocycles. The first kappa shape index (κ1) is 14.5. The summed E-state index contributed by atoms with van der Waals surface area (Å²) in [5.74, 6) is -0.537. The number of amides is 2. The van der Waals surface area contributed by atoms with Crippen molar-refractivity contribution in [2.75, 3.05) is 17.2 Å². The first-order chi connectivity index (χ1) is 10.5. The van der Waals surface area contributed by atoms with Gasteiger partial charge in [0.15, 0.2) is 6.61 Å². The minimum atomic E-state index is -0.433. The van der Waals surface area contributed by atoms with Crippen LogP contribution in [0.4, 0.5) is 15.8 Å². The van der Waals surface area contributed by atoms with Gasteiger partial charge in [-0.15, -0.1) is 0 Å². The molecule has 1 aliphatic rings. The highest BCUT2D eigenvalue weighted by atomic mass is 79.9. The topological polar surface area (TPSA) is 67.4 Å². The molecule has 112 valence electrons. The van der Waals surface area contributed by atoms with Crippen molar-refractivity contribution in [3.05, 3.63) is 52.3 Å². The van der Waals surface area contributed by atoms with Crippen LogP contribution in [0.1, 0.15) is 10.4 Å². The summed E-state index contributed by atoms with van der Waals surface area (Å²) in [6, 6.07) is 8.73. The second-order valence-electron chi connectivity index (χ2n) is 4.63. The van der Waals surface area contributed by atoms with Crippen LogP contribution in [0.3, 0.4) is 0 Å². The molecule has 2 N–H and O–H groups in total. The number of ether oxygens (including phenoxy) is 1. The number of rotatable bonds is 2. The molecule has 2 aromatic rings. The van der Waals surface area contributed by atoms with Gasteiger partial charge in [0.2, 0.25) is 0 Å². The lowest BCUT2D eigenvalue weighted by molar-refractivity contribution is -0.118. The molecular weight excluding hydrogens is 355 g/mol. The van der Waals surface area contributed by atoms with Crippen molar-refractivity contribution >= 4 is 39.1 Å². The van der Waals surface area contributed by atoms with E-state index in [0.717, 1.165) is 0 Å². The SMILES string of the molecule is O=C1COc2ccc(NC(=O)c3ccc(F)cc3Br)cc2N1. The zero-order chi connectivity index (χ0) is 15.7. The smallest absolute Gasteiger partial charge is 0.262 e. The zero-order valence-corrected chi connectivity index (χ0v) is 12.7. The summed E-state index contributed by atoms with van der Waals surface area (Å²) >= 11 is 3.15. The second-order valence-corrected chi connectivity index (χ2v) is 5.48. The van der Waals surface area contributed by atoms with E-state index in [2.05, 4.69) is 26.6 Å². The highest BCUT2D eigenvalue weighted by Crippen LogP contribution is 2.30. The van der Waals surface area contributed by atoms with E-state index in [4.69, 9.17) is 4.74 Å². The predicted octanol–water partition coefficient (Wildman–Crippen LogP) is 3.17. The average Bonchev–Trinajstić information content (AvgIpc) is 2.46. The lowest BCUT2D eigenvalue weighted by Crippen LogP contribution is -2.25. The molecule has 0 saturated heterocycles. The van der Waals surface area contributed by atoms with Crippen molar-refractivity contribution in [2.24, 2.45) is 0 Å². The van der Waals surface area contributed by atoms with Crippen molar-refractivity contribution < 1.29 is 18.7 Å². The highest BCUT2D eigenvalue weighted by molar-refractivity contribution is 9.10. The molecule has 0 saturated carbocycles. The fourth-order valence-corrected chi connectivity index (χ4v) is 2.56. The first-order valence-electron chi connectivity index (χ1n) is 6.36. The standard InChI is InChI=1S/C15H10BrFN2O3/c16-11-5-8(17)1-3-10(11)15(21)18-9-2-4-13-12(6-9)19-14(20)7-22-13/h1-6H,7H2,(H,18,21)(H,19,20). The van der Waals surface area contributed by atoms with Crippen molar-refractivity contribution in [3.63, 3.8) is 0 Å². The molecule has 7 heteroatoms. The maximum absolute atomic E-state index is 13.0. The molecule has 3 rings (SSSR count). The van der Waals surface area contributed by atoms with Crippen molar-refractivity contribution in [3.8, 4) is 5.75 Å². The molecule has 0 spiro atoms. The Labute approximate surface area is 133 Å². The Balaban J connectivity index is 1.82. The third-order valence-electron chi connectivity index (χ3n) is 3.05. The summed E-state index contributed by atoms with van der Waals surface area (Å²) < 4.78 is 18.6. The number of halogens is 2. The van der Waals surface area contributed by atoms with E-state index in [9.17, 15) is 14.0 Å². The van der Waals surface area contributed by atoms with Gasteiger partial charge in [0.25, 0.3) is 11.8 Å². The van der Waals surface area contributed by atoms with Gasteiger partial charge < -0.3 is 15.4 Å². The largest absolute Gasteiger partial charge is 0.482 e. The van der Waals surface area contributed by atoms with E-state index in [-0.39, 0.29) is 12.5 Å². The summed E-state index contributed by atoms with van der Waals surface area (Å²) in [5.41, 5.74) is 1.29. The number of anilines is 2. The third kappa shape index (κ3) is 2.94. The van der Waals surface area contributed by atoms with Gasteiger partial charge >= 0.3 is 0 Å². The Morgan fingerprint density at radius 1 is 1.27 bits per heavy atom. The molecule has 0 atom stereocenters. The minimum absolute atomic E-state index is 0.0266. The maximum Gasteiger partial charge on any atom is 0.262 e. The van der Waals surface area contributed by atoms with E-state index in [1.54, 1.807) is 18.2 Å². The minimum Gasteiger partial charge on any atom is -0.482 e. The van der Waals surface area contributed by atoms with Gasteiger partial charge in [-0.05, 0) is 52.3 Å². The van der Waals surface area contributed by atoms with Crippen LogP contribution in [0.25, 0.3) is 0 Å². The van der Waals surface area contributed by atoms with Crippen LogP contribution in [0.2, 0.25) is 0 Å². The summed E-state index contributed by atoms with van der Waals surface area (Å²) in [6.07, 6.45) is 0. The Hall–Kier alpha value is -2.41. The summed E-state index contributed by atoms with van der Waals surface area (Å²) in [5, 5.41) is 5.34. The van der Waals surface area contributed by atoms with Crippen molar-refractivity contribution in [1.29, 1.82) is 0 Å². The van der Waals surface area contributed by atoms with Gasteiger partial charge in [-0.2, -0.15) is 0 Å². The molecule has 5 nitrogen and oxygen atoms in total. The molecule has 0 fully saturated rings. The Kier molecular flexibility index (Phi) is 3.81. The highest BCUT2D eigenvalue weighted by Gasteiger charge is 2.17. The van der Waals surface area contributed by atoms with Crippen LogP contribution in [0.15, 0.2) is 40.9 Å². The Bertz CT molecular complexity index is 779. The van der Waals surface area contributed by atoms with Crippen LogP contribution < -0.4 is 15.4 Å². The maximum atomic E-state index is 13.0. The Morgan fingerprint density at radius 2 is 2.09 bits per heavy atom. The quantitative estimate of drug-likeness (QED) is 0.859. The van der Waals surface area contributed by atoms with Crippen molar-refractivity contribution in [1.82, 2.24) is 0 Å². The summed E-state index contributed by atoms with van der Waals surface area (Å²) in [6.45, 7) is -0.0266. The van der Waals surface area contributed by atoms with Gasteiger partial charge in [-0.25, -0.2) is 4.39 Å².